The van der Waals surface area contributed by atoms with Crippen molar-refractivity contribution >= 4 is 11.4 Å². The highest BCUT2D eigenvalue weighted by molar-refractivity contribution is 5.70. The summed E-state index contributed by atoms with van der Waals surface area (Å²) < 4.78 is 5.56. The van der Waals surface area contributed by atoms with Gasteiger partial charge in [-0.05, 0) is 36.5 Å². The Kier molecular flexibility index (Phi) is 3.71. The molecule has 0 aromatic heterocycles. The van der Waals surface area contributed by atoms with Crippen molar-refractivity contribution < 1.29 is 9.66 Å². The molecule has 1 N–H and O–H groups in total. The van der Waals surface area contributed by atoms with Crippen molar-refractivity contribution in [2.75, 3.05) is 12.4 Å². The van der Waals surface area contributed by atoms with E-state index in [1.54, 1.807) is 19.2 Å². The van der Waals surface area contributed by atoms with Gasteiger partial charge in [-0.1, -0.05) is 36.4 Å². The molecule has 0 unspecified atom stereocenters. The predicted octanol–water partition coefficient (Wildman–Crippen LogP) is 4.74. The van der Waals surface area contributed by atoms with Crippen LogP contribution in [0, 0.1) is 23.0 Å². The summed E-state index contributed by atoms with van der Waals surface area (Å²) in [4.78, 5) is 11.2. The fraction of sp³-hybridized carbons (Fsp3) is 0.300. The van der Waals surface area contributed by atoms with Gasteiger partial charge in [0.05, 0.1) is 29.3 Å². The summed E-state index contributed by atoms with van der Waals surface area (Å²) in [6.45, 7) is 2.11. The van der Waals surface area contributed by atoms with Crippen molar-refractivity contribution in [2.45, 2.75) is 25.3 Å². The number of ether oxygens (including phenoxy) is 1. The number of para-hydroxylation sites is 1. The maximum atomic E-state index is 11.5. The van der Waals surface area contributed by atoms with E-state index in [4.69, 9.17) is 4.74 Å². The van der Waals surface area contributed by atoms with E-state index in [1.807, 2.05) is 18.2 Å². The van der Waals surface area contributed by atoms with Gasteiger partial charge < -0.3 is 10.1 Å². The number of fused-ring (bicyclic) bond motifs is 3. The molecule has 0 spiro atoms. The summed E-state index contributed by atoms with van der Waals surface area (Å²) in [6.07, 6.45) is 5.33. The summed E-state index contributed by atoms with van der Waals surface area (Å²) >= 11 is 0. The fourth-order valence-corrected chi connectivity index (χ4v) is 4.27. The minimum absolute atomic E-state index is 0.121. The Hall–Kier alpha value is -2.82. The van der Waals surface area contributed by atoms with E-state index in [0.29, 0.717) is 0 Å². The van der Waals surface area contributed by atoms with Crippen LogP contribution in [0.2, 0.25) is 0 Å². The van der Waals surface area contributed by atoms with Crippen LogP contribution < -0.4 is 10.1 Å². The summed E-state index contributed by atoms with van der Waals surface area (Å²) in [5, 5.41) is 15.1. The van der Waals surface area contributed by atoms with Crippen molar-refractivity contribution in [3.05, 3.63) is 75.4 Å². The molecule has 5 nitrogen and oxygen atoms in total. The summed E-state index contributed by atoms with van der Waals surface area (Å²) in [7, 11) is 1.66. The standard InChI is InChI=1S/C20H20N2O3/c1-12-10-11-17(25-2)20-18(12)13-7-5-8-14(13)19(21-20)15-6-3-4-9-16(15)22(23)24/h3-7,9-11,13-14,19,21H,8H2,1-2H3/t13-,14-,19-/m0/s1. The number of nitro benzene ring substituents is 1. The lowest BCUT2D eigenvalue weighted by Gasteiger charge is -2.38. The van der Waals surface area contributed by atoms with Crippen LogP contribution in [0.5, 0.6) is 5.75 Å². The number of aryl methyl sites for hydroxylation is 1. The zero-order valence-electron chi connectivity index (χ0n) is 14.2. The van der Waals surface area contributed by atoms with Gasteiger partial charge in [-0.25, -0.2) is 0 Å². The largest absolute Gasteiger partial charge is 0.495 e. The molecule has 0 fully saturated rings. The van der Waals surface area contributed by atoms with E-state index in [0.717, 1.165) is 23.4 Å². The van der Waals surface area contributed by atoms with Gasteiger partial charge in [-0.2, -0.15) is 0 Å². The van der Waals surface area contributed by atoms with Crippen LogP contribution in [0.15, 0.2) is 48.6 Å². The third kappa shape index (κ3) is 2.38. The van der Waals surface area contributed by atoms with Crippen molar-refractivity contribution in [3.63, 3.8) is 0 Å². The zero-order valence-corrected chi connectivity index (χ0v) is 14.2. The van der Waals surface area contributed by atoms with Gasteiger partial charge in [-0.15, -0.1) is 0 Å². The summed E-state index contributed by atoms with van der Waals surface area (Å²) in [5.74, 6) is 1.29. The maximum absolute atomic E-state index is 11.5. The molecule has 2 aliphatic rings. The highest BCUT2D eigenvalue weighted by atomic mass is 16.6. The van der Waals surface area contributed by atoms with Gasteiger partial charge in [0, 0.05) is 12.0 Å². The second kappa shape index (κ2) is 5.92. The average Bonchev–Trinajstić information content (AvgIpc) is 3.10. The van der Waals surface area contributed by atoms with E-state index in [2.05, 4.69) is 30.5 Å². The van der Waals surface area contributed by atoms with E-state index in [1.165, 1.54) is 11.1 Å². The van der Waals surface area contributed by atoms with Gasteiger partial charge in [0.25, 0.3) is 5.69 Å². The first-order chi connectivity index (χ1) is 12.1. The summed E-state index contributed by atoms with van der Waals surface area (Å²) in [6, 6.07) is 10.9. The third-order valence-corrected chi connectivity index (χ3v) is 5.39. The van der Waals surface area contributed by atoms with Gasteiger partial charge in [0.15, 0.2) is 0 Å². The Balaban J connectivity index is 1.89. The lowest BCUT2D eigenvalue weighted by atomic mass is 9.75. The maximum Gasteiger partial charge on any atom is 0.274 e. The molecule has 0 radical (unpaired) electrons. The highest BCUT2D eigenvalue weighted by Crippen LogP contribution is 2.54. The van der Waals surface area contributed by atoms with Crippen LogP contribution >= 0.6 is 0 Å². The Morgan fingerprint density at radius 3 is 2.80 bits per heavy atom. The molecular formula is C20H20N2O3. The van der Waals surface area contributed by atoms with Crippen molar-refractivity contribution in [1.82, 2.24) is 0 Å². The van der Waals surface area contributed by atoms with Crippen LogP contribution in [0.1, 0.15) is 35.1 Å². The monoisotopic (exact) mass is 336 g/mol. The molecule has 0 saturated carbocycles. The van der Waals surface area contributed by atoms with Crippen LogP contribution in [0.4, 0.5) is 11.4 Å². The molecule has 0 bridgehead atoms. The number of methoxy groups -OCH3 is 1. The molecule has 128 valence electrons. The topological polar surface area (TPSA) is 64.4 Å². The molecule has 1 aliphatic heterocycles. The number of nitrogens with one attached hydrogen (secondary N) is 1. The van der Waals surface area contributed by atoms with Crippen LogP contribution in [0.25, 0.3) is 0 Å². The number of allylic oxidation sites excluding steroid dienone is 2. The number of nitrogens with zero attached hydrogens (tertiary/aromatic N) is 1. The lowest BCUT2D eigenvalue weighted by Crippen LogP contribution is -2.30. The molecule has 0 saturated heterocycles. The van der Waals surface area contributed by atoms with Gasteiger partial charge >= 0.3 is 0 Å². The number of benzene rings is 2. The number of hydrogen-bond acceptors (Lipinski definition) is 4. The van der Waals surface area contributed by atoms with Crippen LogP contribution in [-0.4, -0.2) is 12.0 Å². The Labute approximate surface area is 146 Å². The normalized spacial score (nSPS) is 23.5. The summed E-state index contributed by atoms with van der Waals surface area (Å²) in [5.41, 5.74) is 4.32. The van der Waals surface area contributed by atoms with E-state index in [9.17, 15) is 10.1 Å². The molecule has 4 rings (SSSR count). The lowest BCUT2D eigenvalue weighted by molar-refractivity contribution is -0.385. The molecule has 0 amide bonds. The number of rotatable bonds is 3. The molecule has 5 heteroatoms. The Morgan fingerprint density at radius 2 is 2.04 bits per heavy atom. The SMILES string of the molecule is COc1ccc(C)c2c1N[C@H](c1ccccc1[N+](=O)[O-])[C@H]1CC=C[C@H]21. The molecule has 1 aliphatic carbocycles. The quantitative estimate of drug-likeness (QED) is 0.499. The first-order valence-electron chi connectivity index (χ1n) is 8.46. The van der Waals surface area contributed by atoms with Gasteiger partial charge in [0.2, 0.25) is 0 Å². The van der Waals surface area contributed by atoms with Crippen LogP contribution in [-0.2, 0) is 0 Å². The van der Waals surface area contributed by atoms with Crippen LogP contribution in [0.3, 0.4) is 0 Å². The number of nitro groups is 1. The molecule has 3 atom stereocenters. The minimum Gasteiger partial charge on any atom is -0.495 e. The van der Waals surface area contributed by atoms with Gasteiger partial charge in [-0.3, -0.25) is 10.1 Å². The molecular weight excluding hydrogens is 316 g/mol. The average molecular weight is 336 g/mol. The second-order valence-electron chi connectivity index (χ2n) is 6.66. The molecule has 2 aromatic carbocycles. The molecule has 1 heterocycles. The molecule has 25 heavy (non-hydrogen) atoms. The fourth-order valence-electron chi connectivity index (χ4n) is 4.27. The van der Waals surface area contributed by atoms with E-state index in [-0.39, 0.29) is 28.5 Å². The highest BCUT2D eigenvalue weighted by Gasteiger charge is 2.41. The second-order valence-corrected chi connectivity index (χ2v) is 6.66. The third-order valence-electron chi connectivity index (χ3n) is 5.39. The zero-order chi connectivity index (χ0) is 17.6. The van der Waals surface area contributed by atoms with E-state index < -0.39 is 0 Å². The first kappa shape index (κ1) is 15.7. The minimum atomic E-state index is -0.294. The molecule has 2 aromatic rings. The smallest absolute Gasteiger partial charge is 0.274 e. The van der Waals surface area contributed by atoms with Crippen molar-refractivity contribution in [2.24, 2.45) is 5.92 Å². The predicted molar refractivity (Wildman–Crippen MR) is 97.2 cm³/mol. The van der Waals surface area contributed by atoms with E-state index >= 15 is 0 Å². The Morgan fingerprint density at radius 1 is 1.24 bits per heavy atom. The number of anilines is 1. The first-order valence-corrected chi connectivity index (χ1v) is 8.46. The Bertz CT molecular complexity index is 875. The van der Waals surface area contributed by atoms with Crippen molar-refractivity contribution in [1.29, 1.82) is 0 Å². The van der Waals surface area contributed by atoms with Gasteiger partial charge in [0.1, 0.15) is 5.75 Å². The number of hydrogen-bond donors (Lipinski definition) is 1. The van der Waals surface area contributed by atoms with Crippen molar-refractivity contribution in [3.8, 4) is 5.75 Å².